The van der Waals surface area contributed by atoms with Gasteiger partial charge in [0.05, 0.1) is 0 Å². The fraction of sp³-hybridized carbons (Fsp3) is 0.938. The van der Waals surface area contributed by atoms with Crippen molar-refractivity contribution >= 4 is 6.09 Å². The minimum atomic E-state index is -0.421. The van der Waals surface area contributed by atoms with E-state index in [1.54, 1.807) is 0 Å². The van der Waals surface area contributed by atoms with E-state index in [2.05, 4.69) is 22.2 Å². The second-order valence-corrected chi connectivity index (χ2v) is 7.50. The Hall–Kier alpha value is -0.810. The number of hydrogen-bond acceptors (Lipinski definition) is 4. The lowest BCUT2D eigenvalue weighted by molar-refractivity contribution is 0.0445. The topological polar surface area (TPSA) is 44.8 Å². The number of amides is 1. The molecule has 2 fully saturated rings. The van der Waals surface area contributed by atoms with E-state index < -0.39 is 5.60 Å². The van der Waals surface area contributed by atoms with Gasteiger partial charge >= 0.3 is 6.09 Å². The first-order valence-corrected chi connectivity index (χ1v) is 8.25. The van der Waals surface area contributed by atoms with Crippen LogP contribution in [0.2, 0.25) is 0 Å². The van der Waals surface area contributed by atoms with Crippen molar-refractivity contribution in [1.29, 1.82) is 0 Å². The molecule has 0 radical (unpaired) electrons. The number of carbonyl (C=O) groups is 1. The predicted molar refractivity (Wildman–Crippen MR) is 84.5 cm³/mol. The van der Waals surface area contributed by atoms with Gasteiger partial charge in [0.25, 0.3) is 0 Å². The van der Waals surface area contributed by atoms with Crippen LogP contribution in [0.5, 0.6) is 0 Å². The predicted octanol–water partition coefficient (Wildman–Crippen LogP) is 2.07. The van der Waals surface area contributed by atoms with Crippen molar-refractivity contribution in [3.05, 3.63) is 0 Å². The van der Waals surface area contributed by atoms with Crippen LogP contribution in [-0.4, -0.2) is 66.8 Å². The molecule has 0 aromatic rings. The zero-order valence-corrected chi connectivity index (χ0v) is 14.0. The van der Waals surface area contributed by atoms with E-state index in [9.17, 15) is 4.79 Å². The van der Waals surface area contributed by atoms with Crippen LogP contribution in [0.1, 0.15) is 46.5 Å². The lowest BCUT2D eigenvalue weighted by atomic mass is 9.89. The van der Waals surface area contributed by atoms with Gasteiger partial charge in [0.2, 0.25) is 0 Å². The largest absolute Gasteiger partial charge is 0.444 e. The number of likely N-dealkylation sites (N-methyl/N-ethyl adjacent to an activating group) is 1. The number of piperazine rings is 1. The smallest absolute Gasteiger partial charge is 0.407 e. The van der Waals surface area contributed by atoms with Crippen molar-refractivity contribution in [1.82, 2.24) is 15.1 Å². The van der Waals surface area contributed by atoms with Crippen molar-refractivity contribution in [2.45, 2.75) is 64.1 Å². The van der Waals surface area contributed by atoms with E-state index in [0.29, 0.717) is 6.04 Å². The van der Waals surface area contributed by atoms with Gasteiger partial charge in [-0.05, 0) is 53.5 Å². The third-order valence-corrected chi connectivity index (χ3v) is 4.42. The van der Waals surface area contributed by atoms with E-state index in [1.807, 2.05) is 20.8 Å². The molecule has 1 heterocycles. The molecule has 21 heavy (non-hydrogen) atoms. The molecule has 1 aliphatic heterocycles. The molecular formula is C16H31N3O2. The van der Waals surface area contributed by atoms with Crippen LogP contribution in [0.25, 0.3) is 0 Å². The van der Waals surface area contributed by atoms with Gasteiger partial charge in [-0.25, -0.2) is 4.79 Å². The van der Waals surface area contributed by atoms with E-state index in [1.165, 1.54) is 12.8 Å². The van der Waals surface area contributed by atoms with E-state index in [0.717, 1.165) is 39.0 Å². The summed E-state index contributed by atoms with van der Waals surface area (Å²) < 4.78 is 5.36. The fourth-order valence-electron chi connectivity index (χ4n) is 3.29. The molecule has 0 aromatic carbocycles. The van der Waals surface area contributed by atoms with Gasteiger partial charge in [0.1, 0.15) is 5.60 Å². The molecule has 1 saturated carbocycles. The third kappa shape index (κ3) is 5.47. The number of rotatable bonds is 2. The molecule has 2 aliphatic rings. The summed E-state index contributed by atoms with van der Waals surface area (Å²) in [7, 11) is 2.19. The zero-order valence-electron chi connectivity index (χ0n) is 14.0. The molecule has 122 valence electrons. The molecule has 0 aromatic heterocycles. The van der Waals surface area contributed by atoms with Gasteiger partial charge in [-0.1, -0.05) is 0 Å². The highest BCUT2D eigenvalue weighted by Crippen LogP contribution is 2.24. The highest BCUT2D eigenvalue weighted by atomic mass is 16.6. The Balaban J connectivity index is 1.79. The molecule has 1 saturated heterocycles. The Morgan fingerprint density at radius 3 is 2.43 bits per heavy atom. The molecule has 0 bridgehead atoms. The summed E-state index contributed by atoms with van der Waals surface area (Å²) in [4.78, 5) is 16.9. The average molecular weight is 297 g/mol. The summed E-state index contributed by atoms with van der Waals surface area (Å²) in [5.41, 5.74) is -0.421. The zero-order chi connectivity index (χ0) is 15.5. The highest BCUT2D eigenvalue weighted by molar-refractivity contribution is 5.68. The quantitative estimate of drug-likeness (QED) is 0.847. The molecule has 1 aliphatic carbocycles. The van der Waals surface area contributed by atoms with Crippen molar-refractivity contribution in [2.24, 2.45) is 0 Å². The molecule has 0 unspecified atom stereocenters. The van der Waals surface area contributed by atoms with Gasteiger partial charge < -0.3 is 15.0 Å². The van der Waals surface area contributed by atoms with Gasteiger partial charge in [0, 0.05) is 38.3 Å². The van der Waals surface area contributed by atoms with Crippen LogP contribution < -0.4 is 5.32 Å². The number of nitrogens with one attached hydrogen (secondary N) is 1. The number of alkyl carbamates (subject to hydrolysis) is 1. The molecule has 2 atom stereocenters. The molecule has 1 amide bonds. The number of ether oxygens (including phenoxy) is 1. The van der Waals surface area contributed by atoms with Crippen LogP contribution in [-0.2, 0) is 4.74 Å². The second kappa shape index (κ2) is 6.97. The Kier molecular flexibility index (Phi) is 5.49. The minimum absolute atomic E-state index is 0.262. The van der Waals surface area contributed by atoms with E-state index >= 15 is 0 Å². The minimum Gasteiger partial charge on any atom is -0.444 e. The SMILES string of the molecule is CN1CCN([C@H]2CCC[C@H](NC(=O)OC(C)(C)C)C2)CC1. The maximum absolute atomic E-state index is 11.9. The Labute approximate surface area is 129 Å². The van der Waals surface area contributed by atoms with Crippen molar-refractivity contribution in [2.75, 3.05) is 33.2 Å². The van der Waals surface area contributed by atoms with Gasteiger partial charge in [-0.2, -0.15) is 0 Å². The first-order chi connectivity index (χ1) is 9.83. The number of hydrogen-bond donors (Lipinski definition) is 1. The molecule has 1 N–H and O–H groups in total. The highest BCUT2D eigenvalue weighted by Gasteiger charge is 2.30. The lowest BCUT2D eigenvalue weighted by Crippen LogP contribution is -2.52. The van der Waals surface area contributed by atoms with E-state index in [4.69, 9.17) is 4.74 Å². The van der Waals surface area contributed by atoms with Gasteiger partial charge in [-0.15, -0.1) is 0 Å². The molecule has 0 spiro atoms. The van der Waals surface area contributed by atoms with Crippen LogP contribution in [0, 0.1) is 0 Å². The number of carbonyl (C=O) groups excluding carboxylic acids is 1. The van der Waals surface area contributed by atoms with Crippen molar-refractivity contribution in [3.8, 4) is 0 Å². The first kappa shape index (κ1) is 16.6. The second-order valence-electron chi connectivity index (χ2n) is 7.50. The van der Waals surface area contributed by atoms with Crippen LogP contribution in [0.3, 0.4) is 0 Å². The summed E-state index contributed by atoms with van der Waals surface area (Å²) in [6.07, 6.45) is 4.31. The normalized spacial score (nSPS) is 29.1. The monoisotopic (exact) mass is 297 g/mol. The average Bonchev–Trinajstić information content (AvgIpc) is 2.37. The molecule has 2 rings (SSSR count). The standard InChI is InChI=1S/C16H31N3O2/c1-16(2,3)21-15(20)17-13-6-5-7-14(12-13)19-10-8-18(4)9-11-19/h13-14H,5-12H2,1-4H3,(H,17,20)/t13-,14-/m0/s1. The third-order valence-electron chi connectivity index (χ3n) is 4.42. The maximum atomic E-state index is 11.9. The molecule has 5 heteroatoms. The van der Waals surface area contributed by atoms with Crippen LogP contribution >= 0.6 is 0 Å². The van der Waals surface area contributed by atoms with Gasteiger partial charge in [0.15, 0.2) is 0 Å². The summed E-state index contributed by atoms with van der Waals surface area (Å²) in [6.45, 7) is 10.3. The lowest BCUT2D eigenvalue weighted by Gasteiger charge is -2.41. The maximum Gasteiger partial charge on any atom is 0.407 e. The van der Waals surface area contributed by atoms with Crippen LogP contribution in [0.4, 0.5) is 4.79 Å². The first-order valence-electron chi connectivity index (χ1n) is 8.25. The van der Waals surface area contributed by atoms with Crippen LogP contribution in [0.15, 0.2) is 0 Å². The fourth-order valence-corrected chi connectivity index (χ4v) is 3.29. The summed E-state index contributed by atoms with van der Waals surface area (Å²) >= 11 is 0. The van der Waals surface area contributed by atoms with Crippen molar-refractivity contribution < 1.29 is 9.53 Å². The van der Waals surface area contributed by atoms with Crippen molar-refractivity contribution in [3.63, 3.8) is 0 Å². The Bertz CT molecular complexity index is 346. The van der Waals surface area contributed by atoms with E-state index in [-0.39, 0.29) is 12.1 Å². The molecule has 5 nitrogen and oxygen atoms in total. The summed E-state index contributed by atoms with van der Waals surface area (Å²) in [6, 6.07) is 0.880. The Morgan fingerprint density at radius 2 is 1.81 bits per heavy atom. The summed E-state index contributed by atoms with van der Waals surface area (Å²) in [5.74, 6) is 0. The summed E-state index contributed by atoms with van der Waals surface area (Å²) in [5, 5.41) is 3.06. The van der Waals surface area contributed by atoms with Gasteiger partial charge in [-0.3, -0.25) is 4.90 Å². The number of nitrogens with zero attached hydrogens (tertiary/aromatic N) is 2. The Morgan fingerprint density at radius 1 is 1.14 bits per heavy atom. The molecular weight excluding hydrogens is 266 g/mol.